The second-order valence-corrected chi connectivity index (χ2v) is 14.8. The highest BCUT2D eigenvalue weighted by molar-refractivity contribution is 6.30. The summed E-state index contributed by atoms with van der Waals surface area (Å²) < 4.78 is 6.14. The molecule has 0 aromatic heterocycles. The number of Topliss-reactive ketones (excluding diaryl/α,β-unsaturated/α-hetero) is 2. The Hall–Kier alpha value is -1.45. The van der Waals surface area contributed by atoms with Gasteiger partial charge in [0.2, 0.25) is 0 Å². The zero-order valence-electron chi connectivity index (χ0n) is 22.4. The molecule has 3 aliphatic rings. The standard InChI is InChI=1S/C28H44O4/c1-24(2,3)15-13-16(25(4,5)6)20-19(15)22(30)28(23(31)32-20)18(27(10,11)12)14-17(21(28)29)26(7,8)9/h15-18H,13-14H2,1-12H3/t15-,16-,17+,18+,28-/m0/s1. The van der Waals surface area contributed by atoms with E-state index in [9.17, 15) is 14.4 Å². The van der Waals surface area contributed by atoms with Crippen LogP contribution in [0, 0.1) is 50.7 Å². The molecule has 0 N–H and O–H groups in total. The molecule has 1 spiro atoms. The van der Waals surface area contributed by atoms with Crippen molar-refractivity contribution in [1.29, 1.82) is 0 Å². The molecule has 0 radical (unpaired) electrons. The van der Waals surface area contributed by atoms with Crippen molar-refractivity contribution in [3.63, 3.8) is 0 Å². The summed E-state index contributed by atoms with van der Waals surface area (Å²) >= 11 is 0. The van der Waals surface area contributed by atoms with Crippen molar-refractivity contribution in [2.24, 2.45) is 50.7 Å². The van der Waals surface area contributed by atoms with Crippen LogP contribution in [-0.4, -0.2) is 17.5 Å². The Morgan fingerprint density at radius 2 is 1.12 bits per heavy atom. The minimum absolute atomic E-state index is 0.0185. The van der Waals surface area contributed by atoms with Crippen molar-refractivity contribution >= 4 is 17.5 Å². The number of ether oxygens (including phenoxy) is 1. The van der Waals surface area contributed by atoms with Gasteiger partial charge in [0, 0.05) is 17.4 Å². The molecular weight excluding hydrogens is 400 g/mol. The Balaban J connectivity index is 2.29. The van der Waals surface area contributed by atoms with Crippen molar-refractivity contribution < 1.29 is 19.1 Å². The quantitative estimate of drug-likeness (QED) is 0.321. The maximum atomic E-state index is 14.5. The third kappa shape index (κ3) is 3.51. The molecule has 0 unspecified atom stereocenters. The first-order valence-electron chi connectivity index (χ1n) is 12.2. The van der Waals surface area contributed by atoms with E-state index in [0.29, 0.717) is 17.8 Å². The second kappa shape index (κ2) is 7.03. The van der Waals surface area contributed by atoms with Crippen LogP contribution in [-0.2, 0) is 19.1 Å². The molecule has 3 rings (SSSR count). The van der Waals surface area contributed by atoms with E-state index in [1.54, 1.807) is 0 Å². The Morgan fingerprint density at radius 1 is 0.656 bits per heavy atom. The van der Waals surface area contributed by atoms with Gasteiger partial charge in [-0.1, -0.05) is 83.1 Å². The highest BCUT2D eigenvalue weighted by Gasteiger charge is 2.72. The number of carbonyl (C=O) groups is 3. The first-order valence-corrected chi connectivity index (χ1v) is 12.2. The van der Waals surface area contributed by atoms with E-state index < -0.39 is 11.4 Å². The average molecular weight is 445 g/mol. The molecule has 1 aliphatic heterocycles. The predicted octanol–water partition coefficient (Wildman–Crippen LogP) is 6.38. The Morgan fingerprint density at radius 3 is 1.53 bits per heavy atom. The molecule has 0 aromatic rings. The summed E-state index contributed by atoms with van der Waals surface area (Å²) in [5.41, 5.74) is -2.14. The second-order valence-electron chi connectivity index (χ2n) is 14.8. The predicted molar refractivity (Wildman–Crippen MR) is 127 cm³/mol. The number of rotatable bonds is 0. The molecule has 4 heteroatoms. The van der Waals surface area contributed by atoms with Crippen LogP contribution in [0.15, 0.2) is 11.3 Å². The van der Waals surface area contributed by atoms with Gasteiger partial charge in [0.15, 0.2) is 17.0 Å². The van der Waals surface area contributed by atoms with Gasteiger partial charge in [-0.3, -0.25) is 14.4 Å². The molecule has 0 bridgehead atoms. The lowest BCUT2D eigenvalue weighted by Gasteiger charge is -2.42. The fourth-order valence-electron chi connectivity index (χ4n) is 6.46. The topological polar surface area (TPSA) is 60.4 Å². The summed E-state index contributed by atoms with van der Waals surface area (Å²) in [5, 5.41) is 0. The van der Waals surface area contributed by atoms with Crippen LogP contribution in [0.4, 0.5) is 0 Å². The maximum absolute atomic E-state index is 14.5. The molecule has 5 atom stereocenters. The zero-order chi connectivity index (χ0) is 24.8. The van der Waals surface area contributed by atoms with Gasteiger partial charge in [0.05, 0.1) is 0 Å². The van der Waals surface area contributed by atoms with Crippen LogP contribution >= 0.6 is 0 Å². The SMILES string of the molecule is CC(C)(C)[C@@H]1C[C@H](C(C)(C)C)[C@]2(C(=O)OC3=C(C2=O)[C@@H](C(C)(C)C)C[C@@H]3C(C)(C)C)C1=O. The van der Waals surface area contributed by atoms with Gasteiger partial charge in [0.25, 0.3) is 0 Å². The number of carbonyl (C=O) groups excluding carboxylic acids is 3. The van der Waals surface area contributed by atoms with Gasteiger partial charge in [-0.05, 0) is 46.3 Å². The van der Waals surface area contributed by atoms with Crippen LogP contribution < -0.4 is 0 Å². The van der Waals surface area contributed by atoms with E-state index >= 15 is 0 Å². The molecule has 0 saturated heterocycles. The third-order valence-corrected chi connectivity index (χ3v) is 8.41. The summed E-state index contributed by atoms with van der Waals surface area (Å²) in [6.07, 6.45) is 1.31. The fourth-order valence-corrected chi connectivity index (χ4v) is 6.46. The van der Waals surface area contributed by atoms with Crippen LogP contribution in [0.1, 0.15) is 95.9 Å². The Labute approximate surface area is 194 Å². The molecule has 4 nitrogen and oxygen atoms in total. The summed E-state index contributed by atoms with van der Waals surface area (Å²) in [6, 6.07) is 0. The van der Waals surface area contributed by atoms with Gasteiger partial charge in [0.1, 0.15) is 5.76 Å². The van der Waals surface area contributed by atoms with E-state index in [2.05, 4.69) is 41.5 Å². The van der Waals surface area contributed by atoms with E-state index in [-0.39, 0.29) is 56.9 Å². The Kier molecular flexibility index (Phi) is 5.53. The van der Waals surface area contributed by atoms with Crippen molar-refractivity contribution in [2.75, 3.05) is 0 Å². The van der Waals surface area contributed by atoms with Gasteiger partial charge in [-0.15, -0.1) is 0 Å². The van der Waals surface area contributed by atoms with Crippen molar-refractivity contribution in [1.82, 2.24) is 0 Å². The lowest BCUT2D eigenvalue weighted by atomic mass is 9.60. The smallest absolute Gasteiger partial charge is 0.333 e. The van der Waals surface area contributed by atoms with Crippen LogP contribution in [0.2, 0.25) is 0 Å². The average Bonchev–Trinajstić information content (AvgIpc) is 3.08. The molecule has 1 fully saturated rings. The minimum atomic E-state index is -1.72. The summed E-state index contributed by atoms with van der Waals surface area (Å²) in [5.74, 6) is -1.35. The van der Waals surface area contributed by atoms with Crippen molar-refractivity contribution in [2.45, 2.75) is 95.9 Å². The largest absolute Gasteiger partial charge is 0.429 e. The normalized spacial score (nSPS) is 34.4. The van der Waals surface area contributed by atoms with Crippen LogP contribution in [0.25, 0.3) is 0 Å². The lowest BCUT2D eigenvalue weighted by molar-refractivity contribution is -0.168. The van der Waals surface area contributed by atoms with Crippen molar-refractivity contribution in [3.05, 3.63) is 11.3 Å². The monoisotopic (exact) mass is 444 g/mol. The van der Waals surface area contributed by atoms with E-state index in [1.807, 2.05) is 41.5 Å². The number of esters is 1. The highest BCUT2D eigenvalue weighted by atomic mass is 16.5. The van der Waals surface area contributed by atoms with E-state index in [4.69, 9.17) is 4.74 Å². The first kappa shape index (κ1) is 25.2. The number of allylic oxidation sites excluding steroid dienone is 2. The van der Waals surface area contributed by atoms with E-state index in [1.165, 1.54) is 0 Å². The van der Waals surface area contributed by atoms with Gasteiger partial charge >= 0.3 is 5.97 Å². The number of hydrogen-bond acceptors (Lipinski definition) is 4. The molecule has 180 valence electrons. The van der Waals surface area contributed by atoms with Crippen LogP contribution in [0.5, 0.6) is 0 Å². The third-order valence-electron chi connectivity index (χ3n) is 8.41. The molecule has 0 aromatic carbocycles. The summed E-state index contributed by atoms with van der Waals surface area (Å²) in [4.78, 5) is 42.5. The van der Waals surface area contributed by atoms with Gasteiger partial charge < -0.3 is 4.74 Å². The maximum Gasteiger partial charge on any atom is 0.333 e. The van der Waals surface area contributed by atoms with Gasteiger partial charge in [-0.2, -0.15) is 0 Å². The van der Waals surface area contributed by atoms with Crippen molar-refractivity contribution in [3.8, 4) is 0 Å². The number of ketones is 2. The molecule has 1 saturated carbocycles. The van der Waals surface area contributed by atoms with Gasteiger partial charge in [-0.25, -0.2) is 0 Å². The summed E-state index contributed by atoms with van der Waals surface area (Å²) in [7, 11) is 0. The van der Waals surface area contributed by atoms with Crippen LogP contribution in [0.3, 0.4) is 0 Å². The minimum Gasteiger partial charge on any atom is -0.429 e. The molecule has 1 heterocycles. The molecular formula is C28H44O4. The summed E-state index contributed by atoms with van der Waals surface area (Å²) in [6.45, 7) is 25.0. The Bertz CT molecular complexity index is 878. The molecule has 0 amide bonds. The zero-order valence-corrected chi connectivity index (χ0v) is 22.4. The molecule has 2 aliphatic carbocycles. The first-order chi connectivity index (χ1) is 14.2. The lowest BCUT2D eigenvalue weighted by Crippen LogP contribution is -2.56. The highest BCUT2D eigenvalue weighted by Crippen LogP contribution is 2.63. The molecule has 32 heavy (non-hydrogen) atoms. The number of hydrogen-bond donors (Lipinski definition) is 0. The van der Waals surface area contributed by atoms with E-state index in [0.717, 1.165) is 6.42 Å². The fraction of sp³-hybridized carbons (Fsp3) is 0.821.